The number of benzene rings is 1. The first-order valence-electron chi connectivity index (χ1n) is 9.44. The van der Waals surface area contributed by atoms with Crippen molar-refractivity contribution in [3.63, 3.8) is 0 Å². The van der Waals surface area contributed by atoms with E-state index in [0.29, 0.717) is 5.56 Å². The second-order valence-electron chi connectivity index (χ2n) is 7.26. The number of aromatic nitrogens is 2. The first-order chi connectivity index (χ1) is 12.3. The maximum Gasteiger partial charge on any atom is 0.251 e. The molecule has 1 aliphatic carbocycles. The molecule has 2 aromatic rings. The van der Waals surface area contributed by atoms with Crippen LogP contribution in [0.4, 0.5) is 0 Å². The summed E-state index contributed by atoms with van der Waals surface area (Å²) >= 11 is 0. The van der Waals surface area contributed by atoms with Crippen LogP contribution in [0.25, 0.3) is 11.4 Å². The average Bonchev–Trinajstić information content (AvgIpc) is 3.36. The van der Waals surface area contributed by atoms with Gasteiger partial charge >= 0.3 is 0 Å². The van der Waals surface area contributed by atoms with E-state index >= 15 is 0 Å². The van der Waals surface area contributed by atoms with Gasteiger partial charge in [-0.15, -0.1) is 0 Å². The molecule has 1 saturated heterocycles. The molecule has 1 amide bonds. The minimum atomic E-state index is 0.0201. The van der Waals surface area contributed by atoms with E-state index in [4.69, 9.17) is 0 Å². The van der Waals surface area contributed by atoms with Crippen molar-refractivity contribution in [3.8, 4) is 11.4 Å². The lowest BCUT2D eigenvalue weighted by atomic mass is 10.0. The molecular weight excluding hydrogens is 312 g/mol. The lowest BCUT2D eigenvalue weighted by Gasteiger charge is -2.37. The van der Waals surface area contributed by atoms with Gasteiger partial charge in [-0.05, 0) is 44.4 Å². The lowest BCUT2D eigenvalue weighted by molar-refractivity contribution is 0.0875. The van der Waals surface area contributed by atoms with Crippen LogP contribution in [0.15, 0.2) is 36.7 Å². The summed E-state index contributed by atoms with van der Waals surface area (Å²) in [6.07, 6.45) is 11.1. The molecule has 2 aliphatic rings. The first kappa shape index (κ1) is 16.3. The van der Waals surface area contributed by atoms with Crippen molar-refractivity contribution in [1.29, 1.82) is 0 Å². The third-order valence-electron chi connectivity index (χ3n) is 5.53. The molecule has 0 spiro atoms. The van der Waals surface area contributed by atoms with Gasteiger partial charge in [-0.25, -0.2) is 4.98 Å². The van der Waals surface area contributed by atoms with Crippen LogP contribution < -0.4 is 5.32 Å². The number of likely N-dealkylation sites (tertiary alicyclic amines) is 1. The Hall–Kier alpha value is -2.14. The van der Waals surface area contributed by atoms with Crippen molar-refractivity contribution in [3.05, 3.63) is 42.2 Å². The molecule has 5 nitrogen and oxygen atoms in total. The minimum Gasteiger partial charge on any atom is -0.348 e. The highest BCUT2D eigenvalue weighted by molar-refractivity contribution is 5.95. The Morgan fingerprint density at radius 1 is 1.20 bits per heavy atom. The number of H-pyrrole nitrogens is 1. The molecule has 2 heterocycles. The summed E-state index contributed by atoms with van der Waals surface area (Å²) in [5.41, 5.74) is 1.64. The molecule has 1 atom stereocenters. The number of imidazole rings is 1. The normalized spacial score (nSPS) is 22.2. The van der Waals surface area contributed by atoms with Crippen LogP contribution in [0.2, 0.25) is 0 Å². The van der Waals surface area contributed by atoms with Crippen molar-refractivity contribution in [2.75, 3.05) is 13.1 Å². The number of nitrogens with zero attached hydrogens (tertiary/aromatic N) is 2. The molecule has 25 heavy (non-hydrogen) atoms. The molecule has 2 N–H and O–H groups in total. The average molecular weight is 338 g/mol. The fourth-order valence-corrected chi connectivity index (χ4v) is 4.22. The van der Waals surface area contributed by atoms with E-state index in [2.05, 4.69) is 20.2 Å². The van der Waals surface area contributed by atoms with Crippen LogP contribution in [0.3, 0.4) is 0 Å². The van der Waals surface area contributed by atoms with E-state index in [1.807, 2.05) is 24.3 Å². The van der Waals surface area contributed by atoms with Crippen molar-refractivity contribution in [2.24, 2.45) is 0 Å². The molecule has 132 valence electrons. The van der Waals surface area contributed by atoms with Crippen LogP contribution in [-0.4, -0.2) is 45.9 Å². The summed E-state index contributed by atoms with van der Waals surface area (Å²) in [4.78, 5) is 22.7. The number of rotatable bonds is 4. The number of nitrogens with one attached hydrogen (secondary N) is 2. The van der Waals surface area contributed by atoms with Crippen LogP contribution in [-0.2, 0) is 0 Å². The monoisotopic (exact) mass is 338 g/mol. The highest BCUT2D eigenvalue weighted by Crippen LogP contribution is 2.26. The third-order valence-corrected chi connectivity index (χ3v) is 5.53. The van der Waals surface area contributed by atoms with Crippen molar-refractivity contribution in [2.45, 2.75) is 50.6 Å². The first-order valence-corrected chi connectivity index (χ1v) is 9.44. The number of carbonyl (C=O) groups excluding carboxylic acids is 1. The number of amides is 1. The van der Waals surface area contributed by atoms with Crippen LogP contribution in [0, 0.1) is 0 Å². The second-order valence-corrected chi connectivity index (χ2v) is 7.26. The van der Waals surface area contributed by atoms with Crippen LogP contribution in [0.1, 0.15) is 48.9 Å². The van der Waals surface area contributed by atoms with Crippen molar-refractivity contribution < 1.29 is 4.79 Å². The summed E-state index contributed by atoms with van der Waals surface area (Å²) in [5.74, 6) is 0.811. The maximum absolute atomic E-state index is 12.7. The Balaban J connectivity index is 1.40. The van der Waals surface area contributed by atoms with E-state index in [-0.39, 0.29) is 11.9 Å². The van der Waals surface area contributed by atoms with Gasteiger partial charge in [0.25, 0.3) is 5.91 Å². The predicted octanol–water partition coefficient (Wildman–Crippen LogP) is 3.21. The van der Waals surface area contributed by atoms with Crippen LogP contribution >= 0.6 is 0 Å². The van der Waals surface area contributed by atoms with Gasteiger partial charge in [0.05, 0.1) is 0 Å². The summed E-state index contributed by atoms with van der Waals surface area (Å²) in [6, 6.07) is 8.66. The minimum absolute atomic E-state index is 0.0201. The number of piperidine rings is 1. The SMILES string of the molecule is O=C(N[C@@H]1CCCN(C2CCCC2)C1)c1cccc(-c2ncc[nH]2)c1. The molecule has 1 saturated carbocycles. The van der Waals surface area contributed by atoms with E-state index in [1.165, 1.54) is 38.6 Å². The topological polar surface area (TPSA) is 61.0 Å². The zero-order chi connectivity index (χ0) is 17.1. The van der Waals surface area contributed by atoms with E-state index in [9.17, 15) is 4.79 Å². The molecular formula is C20H26N4O. The smallest absolute Gasteiger partial charge is 0.251 e. The van der Waals surface area contributed by atoms with E-state index in [1.54, 1.807) is 12.4 Å². The third kappa shape index (κ3) is 3.76. The van der Waals surface area contributed by atoms with Gasteiger partial charge in [-0.3, -0.25) is 9.69 Å². The Morgan fingerprint density at radius 2 is 2.08 bits per heavy atom. The Morgan fingerprint density at radius 3 is 2.88 bits per heavy atom. The fraction of sp³-hybridized carbons (Fsp3) is 0.500. The van der Waals surface area contributed by atoms with Crippen molar-refractivity contribution >= 4 is 5.91 Å². The largest absolute Gasteiger partial charge is 0.348 e. The van der Waals surface area contributed by atoms with E-state index < -0.39 is 0 Å². The van der Waals surface area contributed by atoms with Gasteiger partial charge in [-0.1, -0.05) is 25.0 Å². The molecule has 2 fully saturated rings. The van der Waals surface area contributed by atoms with Gasteiger partial charge in [0, 0.05) is 42.1 Å². The summed E-state index contributed by atoms with van der Waals surface area (Å²) in [6.45, 7) is 2.18. The molecule has 1 aliphatic heterocycles. The van der Waals surface area contributed by atoms with Gasteiger partial charge < -0.3 is 10.3 Å². The highest BCUT2D eigenvalue weighted by Gasteiger charge is 2.28. The van der Waals surface area contributed by atoms with Crippen molar-refractivity contribution in [1.82, 2.24) is 20.2 Å². The number of hydrogen-bond donors (Lipinski definition) is 2. The molecule has 0 radical (unpaired) electrons. The Labute approximate surface area is 148 Å². The predicted molar refractivity (Wildman–Crippen MR) is 98.3 cm³/mol. The second kappa shape index (κ2) is 7.40. The zero-order valence-electron chi connectivity index (χ0n) is 14.6. The fourth-order valence-electron chi connectivity index (χ4n) is 4.22. The van der Waals surface area contributed by atoms with E-state index in [0.717, 1.165) is 30.4 Å². The standard InChI is InChI=1S/C20H26N4O/c25-20(16-6-3-5-15(13-16)19-21-10-11-22-19)23-17-7-4-12-24(14-17)18-8-1-2-9-18/h3,5-6,10-11,13,17-18H,1-2,4,7-9,12,14H2,(H,21,22)(H,23,25)/t17-/m1/s1. The zero-order valence-corrected chi connectivity index (χ0v) is 14.6. The Kier molecular flexibility index (Phi) is 4.83. The van der Waals surface area contributed by atoms with Gasteiger partial charge in [0.1, 0.15) is 5.82 Å². The highest BCUT2D eigenvalue weighted by atomic mass is 16.1. The molecule has 5 heteroatoms. The summed E-state index contributed by atoms with van der Waals surface area (Å²) in [7, 11) is 0. The van der Waals surface area contributed by atoms with Gasteiger partial charge in [0.2, 0.25) is 0 Å². The molecule has 0 unspecified atom stereocenters. The van der Waals surface area contributed by atoms with Gasteiger partial charge in [-0.2, -0.15) is 0 Å². The Bertz CT molecular complexity index is 706. The summed E-state index contributed by atoms with van der Waals surface area (Å²) in [5, 5.41) is 3.25. The van der Waals surface area contributed by atoms with Gasteiger partial charge in [0.15, 0.2) is 0 Å². The number of carbonyl (C=O) groups is 1. The molecule has 0 bridgehead atoms. The molecule has 1 aromatic carbocycles. The number of aromatic amines is 1. The molecule has 4 rings (SSSR count). The lowest BCUT2D eigenvalue weighted by Crippen LogP contribution is -2.50. The number of hydrogen-bond acceptors (Lipinski definition) is 3. The quantitative estimate of drug-likeness (QED) is 0.900. The maximum atomic E-state index is 12.7. The molecule has 1 aromatic heterocycles. The summed E-state index contributed by atoms with van der Waals surface area (Å²) < 4.78 is 0. The van der Waals surface area contributed by atoms with Crippen LogP contribution in [0.5, 0.6) is 0 Å².